The second-order valence-electron chi connectivity index (χ2n) is 4.30. The third-order valence-electron chi connectivity index (χ3n) is 3.01. The summed E-state index contributed by atoms with van der Waals surface area (Å²) >= 11 is 0. The Morgan fingerprint density at radius 1 is 1.25 bits per heavy atom. The Morgan fingerprint density at radius 3 is 2.62 bits per heavy atom. The summed E-state index contributed by atoms with van der Waals surface area (Å²) in [5.41, 5.74) is 7.08. The third kappa shape index (κ3) is 5.29. The summed E-state index contributed by atoms with van der Waals surface area (Å²) in [5.74, 6) is 0.636. The lowest BCUT2D eigenvalue weighted by Crippen LogP contribution is -2.28. The van der Waals surface area contributed by atoms with Gasteiger partial charge in [-0.1, -0.05) is 43.7 Å². The normalized spacial score (nSPS) is 12.6. The van der Waals surface area contributed by atoms with Gasteiger partial charge in [0.05, 0.1) is 0 Å². The molecule has 0 aliphatic rings. The fourth-order valence-corrected chi connectivity index (χ4v) is 1.76. The van der Waals surface area contributed by atoms with Crippen LogP contribution >= 0.6 is 0 Å². The zero-order valence-electron chi connectivity index (χ0n) is 10.3. The second kappa shape index (κ2) is 8.31. The molecule has 1 aromatic carbocycles. The van der Waals surface area contributed by atoms with Gasteiger partial charge in [0.15, 0.2) is 0 Å². The largest absolute Gasteiger partial charge is 0.330 e. The van der Waals surface area contributed by atoms with Crippen molar-refractivity contribution in [2.75, 3.05) is 19.6 Å². The average Bonchev–Trinajstić information content (AvgIpc) is 2.35. The highest BCUT2D eigenvalue weighted by Gasteiger charge is 2.01. The van der Waals surface area contributed by atoms with Crippen LogP contribution < -0.4 is 11.1 Å². The maximum atomic E-state index is 5.65. The van der Waals surface area contributed by atoms with Crippen molar-refractivity contribution in [3.8, 4) is 0 Å². The van der Waals surface area contributed by atoms with E-state index in [4.69, 9.17) is 5.73 Å². The molecule has 0 aromatic heterocycles. The van der Waals surface area contributed by atoms with E-state index in [9.17, 15) is 0 Å². The molecular formula is C14H24N2. The van der Waals surface area contributed by atoms with Gasteiger partial charge in [0.2, 0.25) is 0 Å². The Kier molecular flexibility index (Phi) is 6.86. The minimum Gasteiger partial charge on any atom is -0.330 e. The molecule has 0 saturated heterocycles. The van der Waals surface area contributed by atoms with Gasteiger partial charge < -0.3 is 11.1 Å². The standard InChI is InChI=1S/C14H24N2/c1-2-13(11-15)12-16-10-6-9-14-7-4-3-5-8-14/h3-5,7-8,13,16H,2,6,9-12,15H2,1H3. The Morgan fingerprint density at radius 2 is 2.00 bits per heavy atom. The number of aryl methyl sites for hydroxylation is 1. The van der Waals surface area contributed by atoms with Gasteiger partial charge in [-0.15, -0.1) is 0 Å². The van der Waals surface area contributed by atoms with E-state index in [1.165, 1.54) is 18.4 Å². The van der Waals surface area contributed by atoms with Crippen LogP contribution in [0.3, 0.4) is 0 Å². The van der Waals surface area contributed by atoms with Crippen molar-refractivity contribution in [3.63, 3.8) is 0 Å². The summed E-state index contributed by atoms with van der Waals surface area (Å²) in [6.45, 7) is 5.14. The monoisotopic (exact) mass is 220 g/mol. The molecule has 1 aromatic rings. The van der Waals surface area contributed by atoms with Gasteiger partial charge in [-0.2, -0.15) is 0 Å². The second-order valence-corrected chi connectivity index (χ2v) is 4.30. The van der Waals surface area contributed by atoms with Crippen LogP contribution in [0.25, 0.3) is 0 Å². The summed E-state index contributed by atoms with van der Waals surface area (Å²) in [4.78, 5) is 0. The van der Waals surface area contributed by atoms with Crippen molar-refractivity contribution in [2.45, 2.75) is 26.2 Å². The number of nitrogens with one attached hydrogen (secondary N) is 1. The molecule has 0 bridgehead atoms. The number of hydrogen-bond donors (Lipinski definition) is 2. The highest BCUT2D eigenvalue weighted by Crippen LogP contribution is 2.02. The lowest BCUT2D eigenvalue weighted by Gasteiger charge is -2.12. The van der Waals surface area contributed by atoms with Crippen LogP contribution in [0.5, 0.6) is 0 Å². The van der Waals surface area contributed by atoms with Crippen LogP contribution in [0.15, 0.2) is 30.3 Å². The first-order chi connectivity index (χ1) is 7.86. The van der Waals surface area contributed by atoms with E-state index < -0.39 is 0 Å². The lowest BCUT2D eigenvalue weighted by atomic mass is 10.1. The van der Waals surface area contributed by atoms with E-state index in [0.717, 1.165) is 26.1 Å². The summed E-state index contributed by atoms with van der Waals surface area (Å²) in [7, 11) is 0. The zero-order chi connectivity index (χ0) is 11.6. The number of rotatable bonds is 8. The van der Waals surface area contributed by atoms with Gasteiger partial charge in [0, 0.05) is 0 Å². The summed E-state index contributed by atoms with van der Waals surface area (Å²) in [6.07, 6.45) is 3.53. The fourth-order valence-electron chi connectivity index (χ4n) is 1.76. The van der Waals surface area contributed by atoms with Crippen molar-refractivity contribution >= 4 is 0 Å². The maximum Gasteiger partial charge on any atom is -0.000856 e. The van der Waals surface area contributed by atoms with Crippen LogP contribution in [-0.2, 0) is 6.42 Å². The zero-order valence-corrected chi connectivity index (χ0v) is 10.3. The van der Waals surface area contributed by atoms with Crippen LogP contribution in [-0.4, -0.2) is 19.6 Å². The number of hydrogen-bond acceptors (Lipinski definition) is 2. The summed E-state index contributed by atoms with van der Waals surface area (Å²) < 4.78 is 0. The predicted octanol–water partition coefficient (Wildman–Crippen LogP) is 2.19. The molecule has 0 amide bonds. The molecule has 1 unspecified atom stereocenters. The molecule has 16 heavy (non-hydrogen) atoms. The molecule has 1 rings (SSSR count). The van der Waals surface area contributed by atoms with Gasteiger partial charge in [-0.25, -0.2) is 0 Å². The first kappa shape index (κ1) is 13.2. The van der Waals surface area contributed by atoms with E-state index in [2.05, 4.69) is 42.6 Å². The Hall–Kier alpha value is -0.860. The SMILES string of the molecule is CCC(CN)CNCCCc1ccccc1. The van der Waals surface area contributed by atoms with Gasteiger partial charge >= 0.3 is 0 Å². The minimum atomic E-state index is 0.636. The summed E-state index contributed by atoms with van der Waals surface area (Å²) in [5, 5.41) is 3.48. The Balaban J connectivity index is 2.04. The van der Waals surface area contributed by atoms with Crippen LogP contribution in [0.2, 0.25) is 0 Å². The van der Waals surface area contributed by atoms with E-state index in [-0.39, 0.29) is 0 Å². The van der Waals surface area contributed by atoms with Crippen LogP contribution in [0.4, 0.5) is 0 Å². The summed E-state index contributed by atoms with van der Waals surface area (Å²) in [6, 6.07) is 10.6. The smallest absolute Gasteiger partial charge is 0.000856 e. The molecule has 2 heteroatoms. The Labute approximate surface area is 99.2 Å². The van der Waals surface area contributed by atoms with Gasteiger partial charge in [0.25, 0.3) is 0 Å². The molecule has 0 fully saturated rings. The third-order valence-corrected chi connectivity index (χ3v) is 3.01. The quantitative estimate of drug-likeness (QED) is 0.659. The molecule has 3 N–H and O–H groups in total. The molecule has 0 radical (unpaired) electrons. The molecule has 0 saturated carbocycles. The van der Waals surface area contributed by atoms with Gasteiger partial charge in [-0.3, -0.25) is 0 Å². The topological polar surface area (TPSA) is 38.0 Å². The number of benzene rings is 1. The molecule has 1 atom stereocenters. The Bertz CT molecular complexity index is 255. The fraction of sp³-hybridized carbons (Fsp3) is 0.571. The highest BCUT2D eigenvalue weighted by molar-refractivity contribution is 5.14. The van der Waals surface area contributed by atoms with Crippen LogP contribution in [0, 0.1) is 5.92 Å². The van der Waals surface area contributed by atoms with Gasteiger partial charge in [0.1, 0.15) is 0 Å². The first-order valence-electron chi connectivity index (χ1n) is 6.31. The molecule has 90 valence electrons. The van der Waals surface area contributed by atoms with E-state index in [1.54, 1.807) is 0 Å². The molecule has 0 aliphatic carbocycles. The van der Waals surface area contributed by atoms with Gasteiger partial charge in [-0.05, 0) is 44.0 Å². The first-order valence-corrected chi connectivity index (χ1v) is 6.31. The van der Waals surface area contributed by atoms with E-state index >= 15 is 0 Å². The van der Waals surface area contributed by atoms with Crippen molar-refractivity contribution in [3.05, 3.63) is 35.9 Å². The minimum absolute atomic E-state index is 0.636. The van der Waals surface area contributed by atoms with Crippen LogP contribution in [0.1, 0.15) is 25.3 Å². The highest BCUT2D eigenvalue weighted by atomic mass is 14.9. The van der Waals surface area contributed by atoms with Crippen molar-refractivity contribution < 1.29 is 0 Å². The lowest BCUT2D eigenvalue weighted by molar-refractivity contribution is 0.469. The molecule has 2 nitrogen and oxygen atoms in total. The molecule has 0 aliphatic heterocycles. The van der Waals surface area contributed by atoms with E-state index in [0.29, 0.717) is 5.92 Å². The number of nitrogens with two attached hydrogens (primary N) is 1. The average molecular weight is 220 g/mol. The molecule has 0 heterocycles. The van der Waals surface area contributed by atoms with Crippen molar-refractivity contribution in [2.24, 2.45) is 11.7 Å². The molecule has 0 spiro atoms. The maximum absolute atomic E-state index is 5.65. The van der Waals surface area contributed by atoms with E-state index in [1.807, 2.05) is 0 Å². The van der Waals surface area contributed by atoms with Crippen molar-refractivity contribution in [1.29, 1.82) is 0 Å². The predicted molar refractivity (Wildman–Crippen MR) is 70.5 cm³/mol. The molecular weight excluding hydrogens is 196 g/mol. The van der Waals surface area contributed by atoms with Crippen molar-refractivity contribution in [1.82, 2.24) is 5.32 Å².